The van der Waals surface area contributed by atoms with Crippen LogP contribution < -0.4 is 12.4 Å². The number of hydrogen-bond acceptors (Lipinski definition) is 1. The minimum absolute atomic E-state index is 0. The molecule has 1 nitrogen and oxygen atoms in total. The Balaban J connectivity index is 0. The normalized spacial score (nSPS) is 0. The van der Waals surface area contributed by atoms with Crippen LogP contribution in [0.25, 0.3) is 0 Å². The van der Waals surface area contributed by atoms with Crippen molar-refractivity contribution in [1.82, 2.24) is 0 Å². The van der Waals surface area contributed by atoms with Gasteiger partial charge >= 0.3 is 91.0 Å². The zero-order valence-corrected chi connectivity index (χ0v) is 9.95. The average molecular weight is 228 g/mol. The SMILES string of the molecule is [Cl-].[OH-].[Sr+2].[Sr+2]. The van der Waals surface area contributed by atoms with Crippen LogP contribution in [0.15, 0.2) is 0 Å². The monoisotopic (exact) mass is 228 g/mol. The summed E-state index contributed by atoms with van der Waals surface area (Å²) in [5.41, 5.74) is 0. The maximum atomic E-state index is 0. The summed E-state index contributed by atoms with van der Waals surface area (Å²) in [6.07, 6.45) is 0. The molecular formula is HClOSr2+2. The van der Waals surface area contributed by atoms with E-state index in [-0.39, 0.29) is 109 Å². The molecule has 0 aliphatic rings. The Kier molecular flexibility index (Phi) is 110. The van der Waals surface area contributed by atoms with Crippen LogP contribution in [0.2, 0.25) is 0 Å². The Morgan fingerprint density at radius 3 is 0.750 bits per heavy atom. The Hall–Kier alpha value is 3.21. The second kappa shape index (κ2) is 16.4. The molecular weight excluding hydrogens is 227 g/mol. The van der Waals surface area contributed by atoms with E-state index in [0.29, 0.717) is 0 Å². The van der Waals surface area contributed by atoms with E-state index < -0.39 is 0 Å². The van der Waals surface area contributed by atoms with Crippen LogP contribution in [0, 0.1) is 0 Å². The number of rotatable bonds is 0. The van der Waals surface area contributed by atoms with Gasteiger partial charge in [0.05, 0.1) is 0 Å². The summed E-state index contributed by atoms with van der Waals surface area (Å²) in [7, 11) is 0. The van der Waals surface area contributed by atoms with Gasteiger partial charge in [0, 0.05) is 0 Å². The van der Waals surface area contributed by atoms with Crippen LogP contribution in [-0.4, -0.2) is 96.4 Å². The predicted molar refractivity (Wildman–Crippen MR) is 13.4 cm³/mol. The third-order valence-corrected chi connectivity index (χ3v) is 0. The third-order valence-electron chi connectivity index (χ3n) is 0. The molecule has 0 fully saturated rings. The fourth-order valence-electron chi connectivity index (χ4n) is 0. The van der Waals surface area contributed by atoms with E-state index in [1.807, 2.05) is 0 Å². The number of halogens is 1. The van der Waals surface area contributed by atoms with Gasteiger partial charge in [0.15, 0.2) is 0 Å². The van der Waals surface area contributed by atoms with Gasteiger partial charge in [-0.25, -0.2) is 0 Å². The summed E-state index contributed by atoms with van der Waals surface area (Å²) in [5, 5.41) is 0. The van der Waals surface area contributed by atoms with Crippen molar-refractivity contribution in [3.8, 4) is 0 Å². The molecule has 0 spiro atoms. The van der Waals surface area contributed by atoms with Gasteiger partial charge in [-0.2, -0.15) is 0 Å². The first kappa shape index (κ1) is 27.0. The Labute approximate surface area is 106 Å². The van der Waals surface area contributed by atoms with Crippen LogP contribution in [0.1, 0.15) is 0 Å². The minimum atomic E-state index is 0. The van der Waals surface area contributed by atoms with Gasteiger partial charge in [0.2, 0.25) is 0 Å². The molecule has 0 atom stereocenters. The molecule has 0 unspecified atom stereocenters. The molecule has 0 saturated heterocycles. The molecule has 0 aliphatic carbocycles. The van der Waals surface area contributed by atoms with Gasteiger partial charge in [0.25, 0.3) is 0 Å². The fourth-order valence-corrected chi connectivity index (χ4v) is 0. The third kappa shape index (κ3) is 8.96. The van der Waals surface area contributed by atoms with Crippen molar-refractivity contribution in [2.45, 2.75) is 0 Å². The van der Waals surface area contributed by atoms with Crippen LogP contribution in [0.5, 0.6) is 0 Å². The number of hydrogen-bond donors (Lipinski definition) is 0. The molecule has 0 aromatic carbocycles. The molecule has 0 bridgehead atoms. The molecule has 0 heterocycles. The van der Waals surface area contributed by atoms with Crippen LogP contribution in [0.3, 0.4) is 0 Å². The standard InChI is InChI=1S/ClH.H2O.2Sr/h1H;1H2;;/q;;2*+2/p-2. The minimum Gasteiger partial charge on any atom is -1.00 e. The smallest absolute Gasteiger partial charge is 1.00 e. The van der Waals surface area contributed by atoms with Crippen molar-refractivity contribution in [3.05, 3.63) is 0 Å². The van der Waals surface area contributed by atoms with E-state index in [1.54, 1.807) is 0 Å². The molecule has 4 heteroatoms. The van der Waals surface area contributed by atoms with Crippen molar-refractivity contribution in [2.75, 3.05) is 0 Å². The quantitative estimate of drug-likeness (QED) is 0.389. The largest absolute Gasteiger partial charge is 2.00 e. The van der Waals surface area contributed by atoms with Gasteiger partial charge in [-0.05, 0) is 0 Å². The zero-order chi connectivity index (χ0) is 0. The van der Waals surface area contributed by atoms with E-state index in [9.17, 15) is 0 Å². The van der Waals surface area contributed by atoms with E-state index in [2.05, 4.69) is 0 Å². The van der Waals surface area contributed by atoms with Crippen LogP contribution in [0.4, 0.5) is 0 Å². The molecule has 0 amide bonds. The van der Waals surface area contributed by atoms with Crippen molar-refractivity contribution in [1.29, 1.82) is 0 Å². The summed E-state index contributed by atoms with van der Waals surface area (Å²) >= 11 is 0. The van der Waals surface area contributed by atoms with E-state index in [0.717, 1.165) is 0 Å². The van der Waals surface area contributed by atoms with Gasteiger partial charge in [-0.1, -0.05) is 0 Å². The van der Waals surface area contributed by atoms with Crippen LogP contribution >= 0.6 is 0 Å². The molecule has 0 aromatic rings. The molecule has 0 aliphatic heterocycles. The first-order valence-corrected chi connectivity index (χ1v) is 0. The van der Waals surface area contributed by atoms with Crippen molar-refractivity contribution >= 4 is 91.0 Å². The molecule has 0 radical (unpaired) electrons. The molecule has 16 valence electrons. The summed E-state index contributed by atoms with van der Waals surface area (Å²) in [6.45, 7) is 0. The fraction of sp³-hybridized carbons (Fsp3) is 0. The summed E-state index contributed by atoms with van der Waals surface area (Å²) in [6, 6.07) is 0. The maximum Gasteiger partial charge on any atom is 2.00 e. The maximum absolute atomic E-state index is 0. The van der Waals surface area contributed by atoms with E-state index in [1.165, 1.54) is 0 Å². The van der Waals surface area contributed by atoms with Gasteiger partial charge < -0.3 is 17.9 Å². The summed E-state index contributed by atoms with van der Waals surface area (Å²) in [5.74, 6) is 0. The molecule has 4 heavy (non-hydrogen) atoms. The average Bonchev–Trinajstić information content (AvgIpc) is 0. The zero-order valence-electron chi connectivity index (χ0n) is 2.24. The van der Waals surface area contributed by atoms with Gasteiger partial charge in [0.1, 0.15) is 0 Å². The molecule has 1 N–H and O–H groups in total. The Morgan fingerprint density at radius 2 is 0.750 bits per heavy atom. The first-order chi connectivity index (χ1) is 0. The summed E-state index contributed by atoms with van der Waals surface area (Å²) in [4.78, 5) is 0. The van der Waals surface area contributed by atoms with E-state index >= 15 is 0 Å². The Bertz CT molecular complexity index is 6.00. The van der Waals surface area contributed by atoms with Crippen molar-refractivity contribution in [3.63, 3.8) is 0 Å². The molecule has 0 rings (SSSR count). The molecule has 0 saturated carbocycles. The van der Waals surface area contributed by atoms with E-state index in [4.69, 9.17) is 0 Å². The van der Waals surface area contributed by atoms with Gasteiger partial charge in [-0.15, -0.1) is 0 Å². The predicted octanol–water partition coefficient (Wildman–Crippen LogP) is -3.93. The summed E-state index contributed by atoms with van der Waals surface area (Å²) < 4.78 is 0. The second-order valence-corrected chi connectivity index (χ2v) is 0. The Morgan fingerprint density at radius 1 is 0.750 bits per heavy atom. The van der Waals surface area contributed by atoms with Crippen molar-refractivity contribution < 1.29 is 17.9 Å². The second-order valence-electron chi connectivity index (χ2n) is 0. The van der Waals surface area contributed by atoms with Gasteiger partial charge in [-0.3, -0.25) is 0 Å². The van der Waals surface area contributed by atoms with Crippen molar-refractivity contribution in [2.24, 2.45) is 0 Å². The van der Waals surface area contributed by atoms with Crippen LogP contribution in [-0.2, 0) is 0 Å². The molecule has 0 aromatic heterocycles. The topological polar surface area (TPSA) is 30.0 Å². The first-order valence-electron chi connectivity index (χ1n) is 0.